The molecular weight excluding hydrogens is 320 g/mol. The van der Waals surface area contributed by atoms with E-state index >= 15 is 0 Å². The van der Waals surface area contributed by atoms with Crippen LogP contribution in [0.4, 0.5) is 0 Å². The lowest BCUT2D eigenvalue weighted by Crippen LogP contribution is -2.12. The highest BCUT2D eigenvalue weighted by Crippen LogP contribution is 2.43. The average Bonchev–Trinajstić information content (AvgIpc) is 2.48. The summed E-state index contributed by atoms with van der Waals surface area (Å²) in [5, 5.41) is 3.31. The van der Waals surface area contributed by atoms with Crippen molar-refractivity contribution in [2.45, 2.75) is 36.9 Å². The minimum absolute atomic E-state index is 0.454. The van der Waals surface area contributed by atoms with E-state index in [4.69, 9.17) is 11.6 Å². The molecule has 2 heteroatoms. The maximum Gasteiger partial charge on any atom is 0.0484 e. The Bertz CT molecular complexity index is 572. The monoisotopic (exact) mass is 336 g/mol. The van der Waals surface area contributed by atoms with Gasteiger partial charge in [-0.15, -0.1) is 0 Å². The molecule has 1 aliphatic rings. The first kappa shape index (κ1) is 13.5. The molecule has 100 valence electrons. The van der Waals surface area contributed by atoms with E-state index in [2.05, 4.69) is 46.3 Å². The van der Waals surface area contributed by atoms with Crippen LogP contribution in [0.2, 0.25) is 5.02 Å². The summed E-state index contributed by atoms with van der Waals surface area (Å²) in [5.41, 5.74) is 1.40. The van der Waals surface area contributed by atoms with E-state index in [1.165, 1.54) is 48.4 Å². The Morgan fingerprint density at radius 2 is 1.63 bits per heavy atom. The standard InChI is InChI=1S/C17H18BrCl/c18-17(12-6-2-1-3-7-12)15-10-11-16(19)14-9-5-4-8-13(14)15/h4-5,8-12,17H,1-3,6-7H2. The highest BCUT2D eigenvalue weighted by atomic mass is 79.9. The first-order chi connectivity index (χ1) is 9.27. The SMILES string of the molecule is Clc1ccc(C(Br)C2CCCCC2)c2ccccc12. The summed E-state index contributed by atoms with van der Waals surface area (Å²) in [7, 11) is 0. The fraction of sp³-hybridized carbons (Fsp3) is 0.412. The van der Waals surface area contributed by atoms with Crippen LogP contribution in [0.1, 0.15) is 42.5 Å². The lowest BCUT2D eigenvalue weighted by atomic mass is 9.83. The van der Waals surface area contributed by atoms with Gasteiger partial charge >= 0.3 is 0 Å². The fourth-order valence-electron chi connectivity index (χ4n) is 3.21. The summed E-state index contributed by atoms with van der Waals surface area (Å²) in [6, 6.07) is 12.7. The van der Waals surface area contributed by atoms with E-state index in [0.29, 0.717) is 4.83 Å². The molecule has 1 aliphatic carbocycles. The Balaban J connectivity index is 2.02. The van der Waals surface area contributed by atoms with Gasteiger partial charge < -0.3 is 0 Å². The van der Waals surface area contributed by atoms with E-state index < -0.39 is 0 Å². The first-order valence-electron chi connectivity index (χ1n) is 7.08. The zero-order valence-corrected chi connectivity index (χ0v) is 13.3. The molecule has 0 radical (unpaired) electrons. The second-order valence-electron chi connectivity index (χ2n) is 5.48. The Morgan fingerprint density at radius 3 is 2.37 bits per heavy atom. The third kappa shape index (κ3) is 2.68. The molecule has 0 saturated heterocycles. The van der Waals surface area contributed by atoms with Crippen molar-refractivity contribution < 1.29 is 0 Å². The Kier molecular flexibility index (Phi) is 4.14. The zero-order chi connectivity index (χ0) is 13.2. The number of hydrogen-bond donors (Lipinski definition) is 0. The molecule has 1 atom stereocenters. The predicted octanol–water partition coefficient (Wildman–Crippen LogP) is 6.51. The summed E-state index contributed by atoms with van der Waals surface area (Å²) >= 11 is 10.3. The zero-order valence-electron chi connectivity index (χ0n) is 10.9. The van der Waals surface area contributed by atoms with E-state index in [1.54, 1.807) is 0 Å². The summed E-state index contributed by atoms with van der Waals surface area (Å²) in [6.45, 7) is 0. The van der Waals surface area contributed by atoms with Crippen molar-refractivity contribution in [2.24, 2.45) is 5.92 Å². The van der Waals surface area contributed by atoms with Crippen LogP contribution in [-0.4, -0.2) is 0 Å². The summed E-state index contributed by atoms with van der Waals surface area (Å²) in [4.78, 5) is 0.454. The van der Waals surface area contributed by atoms with Crippen LogP contribution < -0.4 is 0 Å². The highest BCUT2D eigenvalue weighted by molar-refractivity contribution is 9.09. The van der Waals surface area contributed by atoms with E-state index in [1.807, 2.05) is 6.07 Å². The molecule has 2 aromatic carbocycles. The summed E-state index contributed by atoms with van der Waals surface area (Å²) in [5.74, 6) is 0.762. The van der Waals surface area contributed by atoms with Crippen molar-refractivity contribution in [1.82, 2.24) is 0 Å². The topological polar surface area (TPSA) is 0 Å². The minimum atomic E-state index is 0.454. The molecule has 0 amide bonds. The molecule has 0 aromatic heterocycles. The molecule has 2 aromatic rings. The van der Waals surface area contributed by atoms with Gasteiger partial charge in [-0.1, -0.05) is 77.1 Å². The fourth-order valence-corrected chi connectivity index (χ4v) is 4.36. The van der Waals surface area contributed by atoms with Gasteiger partial charge in [-0.3, -0.25) is 0 Å². The molecule has 0 bridgehead atoms. The molecule has 3 rings (SSSR count). The largest absolute Gasteiger partial charge is 0.0837 e. The molecular formula is C17H18BrCl. The van der Waals surface area contributed by atoms with E-state index in [-0.39, 0.29) is 0 Å². The van der Waals surface area contributed by atoms with Crippen molar-refractivity contribution >= 4 is 38.3 Å². The molecule has 0 nitrogen and oxygen atoms in total. The van der Waals surface area contributed by atoms with Gasteiger partial charge in [-0.2, -0.15) is 0 Å². The van der Waals surface area contributed by atoms with Crippen LogP contribution >= 0.6 is 27.5 Å². The van der Waals surface area contributed by atoms with Crippen molar-refractivity contribution in [2.75, 3.05) is 0 Å². The maximum absolute atomic E-state index is 6.30. The van der Waals surface area contributed by atoms with Crippen molar-refractivity contribution in [3.05, 3.63) is 47.0 Å². The number of halogens is 2. The van der Waals surface area contributed by atoms with Crippen molar-refractivity contribution in [1.29, 1.82) is 0 Å². The smallest absolute Gasteiger partial charge is 0.0484 e. The third-order valence-electron chi connectivity index (χ3n) is 4.27. The number of alkyl halides is 1. The normalized spacial score (nSPS) is 18.6. The number of rotatable bonds is 2. The van der Waals surface area contributed by atoms with Crippen molar-refractivity contribution in [3.8, 4) is 0 Å². The third-order valence-corrected chi connectivity index (χ3v) is 5.84. The number of fused-ring (bicyclic) bond motifs is 1. The van der Waals surface area contributed by atoms with Crippen LogP contribution in [0.5, 0.6) is 0 Å². The van der Waals surface area contributed by atoms with Gasteiger partial charge in [0.2, 0.25) is 0 Å². The molecule has 1 unspecified atom stereocenters. The van der Waals surface area contributed by atoms with Gasteiger partial charge in [0.05, 0.1) is 0 Å². The van der Waals surface area contributed by atoms with E-state index in [0.717, 1.165) is 10.9 Å². The van der Waals surface area contributed by atoms with Gasteiger partial charge in [0.15, 0.2) is 0 Å². The van der Waals surface area contributed by atoms with Gasteiger partial charge in [0.1, 0.15) is 0 Å². The first-order valence-corrected chi connectivity index (χ1v) is 8.38. The molecule has 0 heterocycles. The van der Waals surface area contributed by atoms with Gasteiger partial charge in [0, 0.05) is 15.2 Å². The van der Waals surface area contributed by atoms with Crippen LogP contribution in [0.15, 0.2) is 36.4 Å². The number of hydrogen-bond acceptors (Lipinski definition) is 0. The van der Waals surface area contributed by atoms with Crippen LogP contribution in [0, 0.1) is 5.92 Å². The number of benzene rings is 2. The predicted molar refractivity (Wildman–Crippen MR) is 87.2 cm³/mol. The summed E-state index contributed by atoms with van der Waals surface area (Å²) in [6.07, 6.45) is 6.83. The van der Waals surface area contributed by atoms with Crippen LogP contribution in [0.25, 0.3) is 10.8 Å². The molecule has 1 fully saturated rings. The maximum atomic E-state index is 6.30. The van der Waals surface area contributed by atoms with Crippen LogP contribution in [0.3, 0.4) is 0 Å². The molecule has 1 saturated carbocycles. The van der Waals surface area contributed by atoms with Crippen LogP contribution in [-0.2, 0) is 0 Å². The summed E-state index contributed by atoms with van der Waals surface area (Å²) < 4.78 is 0. The Labute approximate surface area is 128 Å². The van der Waals surface area contributed by atoms with Gasteiger partial charge in [0.25, 0.3) is 0 Å². The molecule has 0 aliphatic heterocycles. The molecule has 0 spiro atoms. The molecule has 19 heavy (non-hydrogen) atoms. The Morgan fingerprint density at radius 1 is 0.947 bits per heavy atom. The van der Waals surface area contributed by atoms with Crippen molar-refractivity contribution in [3.63, 3.8) is 0 Å². The van der Waals surface area contributed by atoms with Gasteiger partial charge in [-0.05, 0) is 35.8 Å². The highest BCUT2D eigenvalue weighted by Gasteiger charge is 2.24. The average molecular weight is 338 g/mol. The second-order valence-corrected chi connectivity index (χ2v) is 6.88. The van der Waals surface area contributed by atoms with E-state index in [9.17, 15) is 0 Å². The lowest BCUT2D eigenvalue weighted by Gasteiger charge is -2.27. The molecule has 0 N–H and O–H groups in total. The second kappa shape index (κ2) is 5.85. The quantitative estimate of drug-likeness (QED) is 0.548. The minimum Gasteiger partial charge on any atom is -0.0837 e. The lowest BCUT2D eigenvalue weighted by molar-refractivity contribution is 0.355. The van der Waals surface area contributed by atoms with Gasteiger partial charge in [-0.25, -0.2) is 0 Å². The Hall–Kier alpha value is -0.530.